The molecule has 90 valence electrons. The number of carbonyl (C=O) groups excluding carboxylic acids is 1. The third-order valence-electron chi connectivity index (χ3n) is 2.31. The number of thioether (sulfide) groups is 1. The Labute approximate surface area is 106 Å². The highest BCUT2D eigenvalue weighted by atomic mass is 32.2. The number of amides is 1. The maximum atomic E-state index is 11.4. The lowest BCUT2D eigenvalue weighted by atomic mass is 10.2. The highest BCUT2D eigenvalue weighted by molar-refractivity contribution is 7.99. The van der Waals surface area contributed by atoms with Crippen molar-refractivity contribution < 1.29 is 4.79 Å². The summed E-state index contributed by atoms with van der Waals surface area (Å²) in [6.45, 7) is 2.67. The first kappa shape index (κ1) is 13.6. The van der Waals surface area contributed by atoms with Gasteiger partial charge < -0.3 is 4.90 Å². The maximum absolute atomic E-state index is 11.4. The number of hydrogen-bond acceptors (Lipinski definition) is 3. The van der Waals surface area contributed by atoms with Gasteiger partial charge in [0.2, 0.25) is 5.91 Å². The van der Waals surface area contributed by atoms with Gasteiger partial charge in [-0.15, -0.1) is 11.8 Å². The molecule has 0 saturated heterocycles. The zero-order valence-corrected chi connectivity index (χ0v) is 11.0. The molecule has 0 saturated carbocycles. The Kier molecular flexibility index (Phi) is 5.58. The summed E-state index contributed by atoms with van der Waals surface area (Å²) in [6.07, 6.45) is -0.0553. The van der Waals surface area contributed by atoms with Crippen LogP contribution >= 0.6 is 11.8 Å². The van der Waals surface area contributed by atoms with E-state index < -0.39 is 0 Å². The molecule has 0 aliphatic rings. The van der Waals surface area contributed by atoms with Crippen molar-refractivity contribution >= 4 is 17.7 Å². The average Bonchev–Trinajstić information content (AvgIpc) is 2.32. The molecule has 1 aromatic rings. The SMILES string of the molecule is CCSc1ccc(CN(C)C(=O)CC#N)cc1. The molecule has 0 unspecified atom stereocenters. The Balaban J connectivity index is 2.57. The van der Waals surface area contributed by atoms with Crippen molar-refractivity contribution in [1.29, 1.82) is 5.26 Å². The lowest BCUT2D eigenvalue weighted by Gasteiger charge is -2.15. The topological polar surface area (TPSA) is 44.1 Å². The van der Waals surface area contributed by atoms with Crippen molar-refractivity contribution in [2.75, 3.05) is 12.8 Å². The average molecular weight is 248 g/mol. The van der Waals surface area contributed by atoms with Crippen molar-refractivity contribution in [1.82, 2.24) is 4.90 Å². The molecule has 0 atom stereocenters. The van der Waals surface area contributed by atoms with Crippen LogP contribution in [0, 0.1) is 11.3 Å². The highest BCUT2D eigenvalue weighted by Gasteiger charge is 2.08. The minimum Gasteiger partial charge on any atom is -0.341 e. The molecular formula is C13H16N2OS. The second-order valence-electron chi connectivity index (χ2n) is 3.66. The normalized spacial score (nSPS) is 9.71. The number of hydrogen-bond donors (Lipinski definition) is 0. The van der Waals surface area contributed by atoms with E-state index in [-0.39, 0.29) is 12.3 Å². The Morgan fingerprint density at radius 2 is 2.06 bits per heavy atom. The Hall–Kier alpha value is -1.47. The molecule has 0 aliphatic carbocycles. The summed E-state index contributed by atoms with van der Waals surface area (Å²) in [5.74, 6) is 0.916. The molecule has 1 aromatic carbocycles. The Morgan fingerprint density at radius 1 is 1.41 bits per heavy atom. The van der Waals surface area contributed by atoms with Crippen LogP contribution < -0.4 is 0 Å². The van der Waals surface area contributed by atoms with Crippen LogP contribution in [0.3, 0.4) is 0 Å². The number of carbonyl (C=O) groups is 1. The van der Waals surface area contributed by atoms with Gasteiger partial charge in [-0.1, -0.05) is 19.1 Å². The molecule has 1 rings (SSSR count). The predicted octanol–water partition coefficient (Wildman–Crippen LogP) is 2.67. The fourth-order valence-electron chi connectivity index (χ4n) is 1.42. The van der Waals surface area contributed by atoms with Gasteiger partial charge in [-0.3, -0.25) is 4.79 Å². The number of rotatable bonds is 5. The van der Waals surface area contributed by atoms with Crippen molar-refractivity contribution in [3.05, 3.63) is 29.8 Å². The van der Waals surface area contributed by atoms with Gasteiger partial charge in [-0.25, -0.2) is 0 Å². The van der Waals surface area contributed by atoms with Gasteiger partial charge in [0.25, 0.3) is 0 Å². The molecule has 0 radical (unpaired) electrons. The summed E-state index contributed by atoms with van der Waals surface area (Å²) in [6, 6.07) is 10.0. The molecule has 1 amide bonds. The van der Waals surface area contributed by atoms with E-state index in [1.54, 1.807) is 23.7 Å². The molecule has 0 bridgehead atoms. The molecule has 0 N–H and O–H groups in total. The molecule has 0 heterocycles. The number of nitriles is 1. The first-order valence-electron chi connectivity index (χ1n) is 5.50. The summed E-state index contributed by atoms with van der Waals surface area (Å²) >= 11 is 1.79. The first-order valence-corrected chi connectivity index (χ1v) is 6.48. The monoisotopic (exact) mass is 248 g/mol. The minimum absolute atomic E-state index is 0.0553. The van der Waals surface area contributed by atoms with Crippen molar-refractivity contribution in [3.8, 4) is 6.07 Å². The van der Waals surface area contributed by atoms with Crippen LogP contribution in [-0.4, -0.2) is 23.6 Å². The van der Waals surface area contributed by atoms with Crippen molar-refractivity contribution in [2.24, 2.45) is 0 Å². The molecule has 3 nitrogen and oxygen atoms in total. The van der Waals surface area contributed by atoms with Gasteiger partial charge in [0.15, 0.2) is 0 Å². The van der Waals surface area contributed by atoms with Crippen LogP contribution in [0.2, 0.25) is 0 Å². The lowest BCUT2D eigenvalue weighted by molar-refractivity contribution is -0.129. The first-order chi connectivity index (χ1) is 8.17. The lowest BCUT2D eigenvalue weighted by Crippen LogP contribution is -2.25. The van der Waals surface area contributed by atoms with E-state index in [4.69, 9.17) is 5.26 Å². The van der Waals surface area contributed by atoms with E-state index in [1.165, 1.54) is 4.90 Å². The molecule has 4 heteroatoms. The van der Waals surface area contributed by atoms with Crippen LogP contribution in [0.1, 0.15) is 18.9 Å². The van der Waals surface area contributed by atoms with E-state index in [1.807, 2.05) is 18.2 Å². The van der Waals surface area contributed by atoms with Gasteiger partial charge >= 0.3 is 0 Å². The van der Waals surface area contributed by atoms with E-state index >= 15 is 0 Å². The fraction of sp³-hybridized carbons (Fsp3) is 0.385. The quantitative estimate of drug-likeness (QED) is 0.752. The van der Waals surface area contributed by atoms with Crippen LogP contribution in [0.15, 0.2) is 29.2 Å². The third kappa shape index (κ3) is 4.49. The summed E-state index contributed by atoms with van der Waals surface area (Å²) in [7, 11) is 1.72. The second-order valence-corrected chi connectivity index (χ2v) is 5.00. The van der Waals surface area contributed by atoms with Crippen molar-refractivity contribution in [2.45, 2.75) is 24.8 Å². The van der Waals surface area contributed by atoms with Crippen LogP contribution in [0.25, 0.3) is 0 Å². The fourth-order valence-corrected chi connectivity index (χ4v) is 2.08. The van der Waals surface area contributed by atoms with Crippen LogP contribution in [-0.2, 0) is 11.3 Å². The molecule has 0 aromatic heterocycles. The second kappa shape index (κ2) is 6.97. The smallest absolute Gasteiger partial charge is 0.236 e. The van der Waals surface area contributed by atoms with Gasteiger partial charge in [0.05, 0.1) is 6.07 Å². The van der Waals surface area contributed by atoms with Crippen LogP contribution in [0.5, 0.6) is 0 Å². The summed E-state index contributed by atoms with van der Waals surface area (Å²) in [5.41, 5.74) is 1.08. The Bertz CT molecular complexity index is 408. The highest BCUT2D eigenvalue weighted by Crippen LogP contribution is 2.18. The summed E-state index contributed by atoms with van der Waals surface area (Å²) in [4.78, 5) is 14.2. The van der Waals surface area contributed by atoms with Crippen molar-refractivity contribution in [3.63, 3.8) is 0 Å². The zero-order chi connectivity index (χ0) is 12.7. The number of nitrogens with zero attached hydrogens (tertiary/aromatic N) is 2. The van der Waals surface area contributed by atoms with E-state index in [0.717, 1.165) is 11.3 Å². The van der Waals surface area contributed by atoms with E-state index in [9.17, 15) is 4.79 Å². The van der Waals surface area contributed by atoms with E-state index in [2.05, 4.69) is 19.1 Å². The third-order valence-corrected chi connectivity index (χ3v) is 3.20. The zero-order valence-electron chi connectivity index (χ0n) is 10.1. The standard InChI is InChI=1S/C13H16N2OS/c1-3-17-12-6-4-11(5-7-12)10-15(2)13(16)8-9-14/h4-7H,3,8,10H2,1-2H3. The molecule has 17 heavy (non-hydrogen) atoms. The molecular weight excluding hydrogens is 232 g/mol. The maximum Gasteiger partial charge on any atom is 0.236 e. The Morgan fingerprint density at radius 3 is 2.59 bits per heavy atom. The number of benzene rings is 1. The van der Waals surface area contributed by atoms with Gasteiger partial charge in [0, 0.05) is 18.5 Å². The van der Waals surface area contributed by atoms with Gasteiger partial charge in [-0.05, 0) is 23.4 Å². The largest absolute Gasteiger partial charge is 0.341 e. The molecule has 0 aliphatic heterocycles. The van der Waals surface area contributed by atoms with Gasteiger partial charge in [0.1, 0.15) is 6.42 Å². The molecule has 0 spiro atoms. The van der Waals surface area contributed by atoms with Gasteiger partial charge in [-0.2, -0.15) is 5.26 Å². The summed E-state index contributed by atoms with van der Waals surface area (Å²) in [5, 5.41) is 8.45. The predicted molar refractivity (Wildman–Crippen MR) is 69.5 cm³/mol. The molecule has 0 fully saturated rings. The van der Waals surface area contributed by atoms with E-state index in [0.29, 0.717) is 6.54 Å². The van der Waals surface area contributed by atoms with Crippen LogP contribution in [0.4, 0.5) is 0 Å². The minimum atomic E-state index is -0.139. The summed E-state index contributed by atoms with van der Waals surface area (Å²) < 4.78 is 0.